The third kappa shape index (κ3) is 3.86. The van der Waals surface area contributed by atoms with E-state index in [-0.39, 0.29) is 17.7 Å². The number of nitrogens with two attached hydrogens (primary N) is 2. The van der Waals surface area contributed by atoms with Gasteiger partial charge in [-0.15, -0.1) is 10.2 Å². The van der Waals surface area contributed by atoms with Crippen LogP contribution in [0.25, 0.3) is 11.6 Å². The summed E-state index contributed by atoms with van der Waals surface area (Å²) < 4.78 is 19.6. The van der Waals surface area contributed by atoms with Crippen LogP contribution < -0.4 is 16.9 Å². The fourth-order valence-electron chi connectivity index (χ4n) is 2.30. The van der Waals surface area contributed by atoms with E-state index in [0.717, 1.165) is 0 Å². The number of furan rings is 1. The van der Waals surface area contributed by atoms with E-state index in [1.54, 1.807) is 24.3 Å². The molecular formula is C16H14FN9OS. The quantitative estimate of drug-likeness (QED) is 0.325. The van der Waals surface area contributed by atoms with Gasteiger partial charge in [-0.3, -0.25) is 0 Å². The number of thioether (sulfide) groups is 1. The Hall–Kier alpha value is -3.67. The first-order valence-electron chi connectivity index (χ1n) is 7.98. The highest BCUT2D eigenvalue weighted by Crippen LogP contribution is 2.24. The highest BCUT2D eigenvalue weighted by Gasteiger charge is 2.15. The van der Waals surface area contributed by atoms with Crippen molar-refractivity contribution in [2.75, 3.05) is 16.9 Å². The van der Waals surface area contributed by atoms with Gasteiger partial charge >= 0.3 is 0 Å². The zero-order chi connectivity index (χ0) is 19.5. The number of benzene rings is 1. The average molecular weight is 399 g/mol. The summed E-state index contributed by atoms with van der Waals surface area (Å²) in [6.45, 7) is 0. The third-order valence-electron chi connectivity index (χ3n) is 3.54. The van der Waals surface area contributed by atoms with Crippen molar-refractivity contribution in [3.05, 3.63) is 54.3 Å². The van der Waals surface area contributed by atoms with Crippen molar-refractivity contribution in [1.82, 2.24) is 29.8 Å². The summed E-state index contributed by atoms with van der Waals surface area (Å²) in [4.78, 5) is 12.5. The largest absolute Gasteiger partial charge is 0.461 e. The maximum absolute atomic E-state index is 13.0. The Balaban J connectivity index is 1.48. The molecule has 0 amide bonds. The second kappa shape index (κ2) is 7.52. The molecule has 0 saturated carbocycles. The smallest absolute Gasteiger partial charge is 0.232 e. The van der Waals surface area contributed by atoms with Crippen molar-refractivity contribution in [2.45, 2.75) is 10.9 Å². The number of rotatable bonds is 6. The van der Waals surface area contributed by atoms with E-state index in [0.29, 0.717) is 34.0 Å². The number of nitrogens with one attached hydrogen (secondary N) is 1. The number of nitrogen functional groups attached to an aromatic ring is 2. The van der Waals surface area contributed by atoms with Crippen molar-refractivity contribution < 1.29 is 8.81 Å². The normalized spacial score (nSPS) is 10.9. The molecule has 0 spiro atoms. The van der Waals surface area contributed by atoms with Crippen LogP contribution in [0.5, 0.6) is 0 Å². The summed E-state index contributed by atoms with van der Waals surface area (Å²) in [7, 11) is 0. The molecule has 1 aromatic carbocycles. The molecule has 28 heavy (non-hydrogen) atoms. The van der Waals surface area contributed by atoms with Crippen LogP contribution in [0.2, 0.25) is 0 Å². The summed E-state index contributed by atoms with van der Waals surface area (Å²) in [5.74, 6) is 7.66. The molecule has 4 rings (SSSR count). The van der Waals surface area contributed by atoms with Gasteiger partial charge in [0, 0.05) is 5.69 Å². The SMILES string of the molecule is Nc1nc(CSc2nnc(-c3ccco3)n2N)nc(Nc2ccc(F)cc2)n1. The predicted molar refractivity (Wildman–Crippen MR) is 101 cm³/mol. The Morgan fingerprint density at radius 2 is 1.93 bits per heavy atom. The third-order valence-corrected chi connectivity index (χ3v) is 4.47. The molecule has 0 bridgehead atoms. The Labute approximate surface area is 162 Å². The van der Waals surface area contributed by atoms with Gasteiger partial charge in [0.25, 0.3) is 0 Å². The van der Waals surface area contributed by atoms with Gasteiger partial charge < -0.3 is 21.3 Å². The lowest BCUT2D eigenvalue weighted by Gasteiger charge is -2.07. The summed E-state index contributed by atoms with van der Waals surface area (Å²) in [6, 6.07) is 9.26. The molecule has 0 aliphatic heterocycles. The molecule has 5 N–H and O–H groups in total. The number of hydrogen-bond donors (Lipinski definition) is 3. The van der Waals surface area contributed by atoms with Gasteiger partial charge in [-0.1, -0.05) is 11.8 Å². The molecule has 0 aliphatic rings. The van der Waals surface area contributed by atoms with Gasteiger partial charge in [0.15, 0.2) is 5.76 Å². The number of anilines is 3. The second-order valence-corrected chi connectivity index (χ2v) is 6.45. The van der Waals surface area contributed by atoms with Crippen LogP contribution in [0.4, 0.5) is 22.0 Å². The van der Waals surface area contributed by atoms with Gasteiger partial charge in [-0.2, -0.15) is 15.0 Å². The van der Waals surface area contributed by atoms with Crippen LogP contribution in [-0.4, -0.2) is 29.8 Å². The highest BCUT2D eigenvalue weighted by atomic mass is 32.2. The first-order chi connectivity index (χ1) is 13.6. The molecule has 3 aromatic heterocycles. The van der Waals surface area contributed by atoms with Crippen molar-refractivity contribution in [3.63, 3.8) is 0 Å². The van der Waals surface area contributed by atoms with Crippen LogP contribution in [0.15, 0.2) is 52.2 Å². The summed E-state index contributed by atoms with van der Waals surface area (Å²) >= 11 is 1.28. The minimum atomic E-state index is -0.336. The van der Waals surface area contributed by atoms with E-state index in [9.17, 15) is 4.39 Å². The monoisotopic (exact) mass is 399 g/mol. The predicted octanol–water partition coefficient (Wildman–Crippen LogP) is 2.19. The molecule has 0 fully saturated rings. The summed E-state index contributed by atoms with van der Waals surface area (Å²) in [6.07, 6.45) is 1.53. The molecule has 3 heterocycles. The Morgan fingerprint density at radius 3 is 2.68 bits per heavy atom. The first kappa shape index (κ1) is 17.7. The van der Waals surface area contributed by atoms with Crippen LogP contribution in [-0.2, 0) is 5.75 Å². The summed E-state index contributed by atoms with van der Waals surface area (Å²) in [5, 5.41) is 11.5. The average Bonchev–Trinajstić information content (AvgIpc) is 3.31. The Morgan fingerprint density at radius 1 is 1.11 bits per heavy atom. The number of nitrogens with zero attached hydrogens (tertiary/aromatic N) is 6. The maximum Gasteiger partial charge on any atom is 0.232 e. The fourth-order valence-corrected chi connectivity index (χ4v) is 3.01. The summed E-state index contributed by atoms with van der Waals surface area (Å²) in [5.41, 5.74) is 6.38. The van der Waals surface area contributed by atoms with Crippen LogP contribution in [0.3, 0.4) is 0 Å². The maximum atomic E-state index is 13.0. The van der Waals surface area contributed by atoms with Gasteiger partial charge in [0.05, 0.1) is 12.0 Å². The molecule has 142 valence electrons. The Kier molecular flexibility index (Phi) is 4.76. The molecule has 12 heteroatoms. The molecule has 0 radical (unpaired) electrons. The fraction of sp³-hybridized carbons (Fsp3) is 0.0625. The van der Waals surface area contributed by atoms with Gasteiger partial charge in [-0.05, 0) is 36.4 Å². The van der Waals surface area contributed by atoms with Gasteiger partial charge in [-0.25, -0.2) is 9.07 Å². The lowest BCUT2D eigenvalue weighted by atomic mass is 10.3. The van der Waals surface area contributed by atoms with E-state index in [1.807, 2.05) is 0 Å². The van der Waals surface area contributed by atoms with Crippen molar-refractivity contribution in [1.29, 1.82) is 0 Å². The lowest BCUT2D eigenvalue weighted by Crippen LogP contribution is -2.11. The molecule has 0 saturated heterocycles. The van der Waals surface area contributed by atoms with Gasteiger partial charge in [0.2, 0.25) is 22.9 Å². The highest BCUT2D eigenvalue weighted by molar-refractivity contribution is 7.98. The van der Waals surface area contributed by atoms with Crippen LogP contribution in [0.1, 0.15) is 5.82 Å². The molecule has 0 atom stereocenters. The van der Waals surface area contributed by atoms with Gasteiger partial charge in [0.1, 0.15) is 11.6 Å². The standard InChI is InChI=1S/C16H14FN9OS/c17-9-3-5-10(6-4-9)20-15-22-12(21-14(18)23-15)8-28-16-25-24-13(26(16)19)11-2-1-7-27-11/h1-7H,8,19H2,(H3,18,20,21,22,23). The number of halogens is 1. The van der Waals surface area contributed by atoms with Crippen molar-refractivity contribution in [3.8, 4) is 11.6 Å². The number of aromatic nitrogens is 6. The van der Waals surface area contributed by atoms with E-state index >= 15 is 0 Å². The first-order valence-corrected chi connectivity index (χ1v) is 8.97. The van der Waals surface area contributed by atoms with Crippen LogP contribution >= 0.6 is 11.8 Å². The second-order valence-electron chi connectivity index (χ2n) is 5.51. The minimum Gasteiger partial charge on any atom is -0.461 e. The molecular weight excluding hydrogens is 385 g/mol. The zero-order valence-electron chi connectivity index (χ0n) is 14.3. The van der Waals surface area contributed by atoms with E-state index in [4.69, 9.17) is 16.0 Å². The number of hydrogen-bond acceptors (Lipinski definition) is 10. The van der Waals surface area contributed by atoms with E-state index in [2.05, 4.69) is 30.5 Å². The van der Waals surface area contributed by atoms with Crippen LogP contribution in [0, 0.1) is 5.82 Å². The van der Waals surface area contributed by atoms with E-state index in [1.165, 1.54) is 34.8 Å². The van der Waals surface area contributed by atoms with Crippen molar-refractivity contribution in [2.24, 2.45) is 0 Å². The van der Waals surface area contributed by atoms with E-state index < -0.39 is 0 Å². The minimum absolute atomic E-state index is 0.0562. The molecule has 0 unspecified atom stereocenters. The van der Waals surface area contributed by atoms with Crippen molar-refractivity contribution >= 4 is 29.3 Å². The Bertz CT molecular complexity index is 1080. The topological polar surface area (TPSA) is 147 Å². The molecule has 10 nitrogen and oxygen atoms in total. The molecule has 0 aliphatic carbocycles. The molecule has 4 aromatic rings. The lowest BCUT2D eigenvalue weighted by molar-refractivity contribution is 0.574. The zero-order valence-corrected chi connectivity index (χ0v) is 15.1.